The number of aryl methyl sites for hydroxylation is 1. The molecule has 0 saturated heterocycles. The van der Waals surface area contributed by atoms with Gasteiger partial charge in [0, 0.05) is 32.0 Å². The van der Waals surface area contributed by atoms with E-state index in [1.807, 2.05) is 29.9 Å². The van der Waals surface area contributed by atoms with Crippen molar-refractivity contribution in [3.63, 3.8) is 0 Å². The van der Waals surface area contributed by atoms with Crippen molar-refractivity contribution >= 4 is 23.2 Å². The molecular weight excluding hydrogens is 307 g/mol. The van der Waals surface area contributed by atoms with Crippen molar-refractivity contribution < 1.29 is 0 Å². The topological polar surface area (TPSA) is 47.1 Å². The van der Waals surface area contributed by atoms with Crippen LogP contribution in [0.4, 0.5) is 0 Å². The molecule has 0 bridgehead atoms. The molecule has 0 aliphatic rings. The van der Waals surface area contributed by atoms with E-state index in [-0.39, 0.29) is 6.04 Å². The molecule has 21 heavy (non-hydrogen) atoms. The third kappa shape index (κ3) is 4.20. The van der Waals surface area contributed by atoms with Crippen molar-refractivity contribution in [2.45, 2.75) is 19.0 Å². The van der Waals surface area contributed by atoms with E-state index in [1.54, 1.807) is 12.3 Å². The summed E-state index contributed by atoms with van der Waals surface area (Å²) in [7, 11) is 4.05. The Balaban J connectivity index is 1.90. The molecule has 2 aromatic rings. The number of aromatic nitrogens is 2. The van der Waals surface area contributed by atoms with Gasteiger partial charge in [-0.25, -0.2) is 4.98 Å². The van der Waals surface area contributed by atoms with Crippen LogP contribution in [0.3, 0.4) is 0 Å². The fraction of sp³-hybridized carbons (Fsp3) is 0.400. The second kappa shape index (κ2) is 7.27. The summed E-state index contributed by atoms with van der Waals surface area (Å²) in [6, 6.07) is 5.45. The minimum atomic E-state index is -0.125. The number of halogens is 2. The van der Waals surface area contributed by atoms with Crippen molar-refractivity contribution in [3.8, 4) is 0 Å². The van der Waals surface area contributed by atoms with Crippen LogP contribution in [0.1, 0.15) is 23.9 Å². The zero-order valence-electron chi connectivity index (χ0n) is 12.3. The zero-order valence-corrected chi connectivity index (χ0v) is 13.8. The fourth-order valence-electron chi connectivity index (χ4n) is 2.19. The minimum absolute atomic E-state index is 0.125. The molecule has 4 nitrogen and oxygen atoms in total. The van der Waals surface area contributed by atoms with Gasteiger partial charge in [0.05, 0.1) is 16.6 Å². The first kappa shape index (κ1) is 16.3. The first-order valence-corrected chi connectivity index (χ1v) is 7.59. The van der Waals surface area contributed by atoms with Gasteiger partial charge in [-0.15, -0.1) is 0 Å². The SMILES string of the molecule is CN(CCC(N)c1cccc(Cl)c1Cl)Cc1nccn1C. The lowest BCUT2D eigenvalue weighted by atomic mass is 10.0. The van der Waals surface area contributed by atoms with Gasteiger partial charge in [-0.2, -0.15) is 0 Å². The molecule has 0 saturated carbocycles. The van der Waals surface area contributed by atoms with Gasteiger partial charge in [0.1, 0.15) is 5.82 Å². The maximum absolute atomic E-state index is 6.23. The molecule has 1 aromatic carbocycles. The van der Waals surface area contributed by atoms with Crippen LogP contribution in [-0.4, -0.2) is 28.0 Å². The van der Waals surface area contributed by atoms with E-state index in [0.29, 0.717) is 10.0 Å². The van der Waals surface area contributed by atoms with E-state index >= 15 is 0 Å². The maximum Gasteiger partial charge on any atom is 0.122 e. The lowest BCUT2D eigenvalue weighted by Gasteiger charge is -2.20. The molecule has 0 fully saturated rings. The lowest BCUT2D eigenvalue weighted by molar-refractivity contribution is 0.301. The summed E-state index contributed by atoms with van der Waals surface area (Å²) >= 11 is 12.2. The molecule has 114 valence electrons. The normalized spacial score (nSPS) is 12.9. The van der Waals surface area contributed by atoms with Gasteiger partial charge in [0.15, 0.2) is 0 Å². The number of benzene rings is 1. The molecule has 0 aliphatic heterocycles. The van der Waals surface area contributed by atoms with Crippen LogP contribution in [0.25, 0.3) is 0 Å². The number of hydrogen-bond acceptors (Lipinski definition) is 3. The summed E-state index contributed by atoms with van der Waals surface area (Å²) in [6.07, 6.45) is 4.56. The Labute approximate surface area is 135 Å². The van der Waals surface area contributed by atoms with Gasteiger partial charge in [-0.1, -0.05) is 35.3 Å². The standard InChI is InChI=1S/C15H20Cl2N4/c1-20(10-14-19-7-9-21(14)2)8-6-13(18)11-4-3-5-12(16)15(11)17/h3-5,7,9,13H,6,8,10,18H2,1-2H3. The van der Waals surface area contributed by atoms with Gasteiger partial charge in [-0.05, 0) is 25.1 Å². The first-order valence-electron chi connectivity index (χ1n) is 6.83. The third-order valence-corrected chi connectivity index (χ3v) is 4.37. The summed E-state index contributed by atoms with van der Waals surface area (Å²) in [5, 5.41) is 1.10. The lowest BCUT2D eigenvalue weighted by Crippen LogP contribution is -2.24. The molecule has 2 rings (SSSR count). The molecule has 2 N–H and O–H groups in total. The van der Waals surface area contributed by atoms with Gasteiger partial charge in [0.25, 0.3) is 0 Å². The molecule has 6 heteroatoms. The van der Waals surface area contributed by atoms with E-state index in [0.717, 1.165) is 30.9 Å². The van der Waals surface area contributed by atoms with Crippen LogP contribution in [0.15, 0.2) is 30.6 Å². The highest BCUT2D eigenvalue weighted by molar-refractivity contribution is 6.42. The molecule has 1 unspecified atom stereocenters. The molecule has 0 spiro atoms. The average molecular weight is 327 g/mol. The van der Waals surface area contributed by atoms with Crippen LogP contribution >= 0.6 is 23.2 Å². The zero-order chi connectivity index (χ0) is 15.4. The summed E-state index contributed by atoms with van der Waals surface area (Å²) in [5.74, 6) is 1.03. The first-order chi connectivity index (χ1) is 9.99. The Bertz CT molecular complexity index is 597. The molecule has 1 heterocycles. The number of nitrogens with two attached hydrogens (primary N) is 1. The fourth-order valence-corrected chi connectivity index (χ4v) is 2.64. The molecule has 1 atom stereocenters. The van der Waals surface area contributed by atoms with Crippen molar-refractivity contribution in [3.05, 3.63) is 52.0 Å². The summed E-state index contributed by atoms with van der Waals surface area (Å²) in [6.45, 7) is 1.65. The van der Waals surface area contributed by atoms with E-state index in [9.17, 15) is 0 Å². The smallest absolute Gasteiger partial charge is 0.122 e. The van der Waals surface area contributed by atoms with E-state index in [1.165, 1.54) is 0 Å². The average Bonchev–Trinajstić information content (AvgIpc) is 2.84. The van der Waals surface area contributed by atoms with Crippen molar-refractivity contribution in [2.24, 2.45) is 12.8 Å². The van der Waals surface area contributed by atoms with E-state index in [2.05, 4.69) is 16.9 Å². The highest BCUT2D eigenvalue weighted by Gasteiger charge is 2.13. The van der Waals surface area contributed by atoms with E-state index < -0.39 is 0 Å². The Morgan fingerprint density at radius 1 is 1.38 bits per heavy atom. The van der Waals surface area contributed by atoms with Gasteiger partial charge in [-0.3, -0.25) is 4.90 Å². The van der Waals surface area contributed by atoms with Crippen LogP contribution in [-0.2, 0) is 13.6 Å². The van der Waals surface area contributed by atoms with Crippen LogP contribution < -0.4 is 5.73 Å². The quantitative estimate of drug-likeness (QED) is 0.886. The van der Waals surface area contributed by atoms with Gasteiger partial charge >= 0.3 is 0 Å². The molecule has 0 radical (unpaired) electrons. The number of imidazole rings is 1. The summed E-state index contributed by atoms with van der Waals surface area (Å²) in [5.41, 5.74) is 7.12. The van der Waals surface area contributed by atoms with Gasteiger partial charge < -0.3 is 10.3 Å². The number of hydrogen-bond donors (Lipinski definition) is 1. The Hall–Kier alpha value is -1.07. The number of rotatable bonds is 6. The largest absolute Gasteiger partial charge is 0.337 e. The Morgan fingerprint density at radius 2 is 2.14 bits per heavy atom. The van der Waals surface area contributed by atoms with E-state index in [4.69, 9.17) is 28.9 Å². The van der Waals surface area contributed by atoms with Crippen molar-refractivity contribution in [1.29, 1.82) is 0 Å². The Kier molecular flexibility index (Phi) is 5.65. The third-order valence-electron chi connectivity index (χ3n) is 3.54. The molecule has 1 aromatic heterocycles. The molecule has 0 amide bonds. The van der Waals surface area contributed by atoms with Crippen LogP contribution in [0.2, 0.25) is 10.0 Å². The number of nitrogens with zero attached hydrogens (tertiary/aromatic N) is 3. The highest BCUT2D eigenvalue weighted by atomic mass is 35.5. The van der Waals surface area contributed by atoms with Crippen molar-refractivity contribution in [1.82, 2.24) is 14.5 Å². The predicted molar refractivity (Wildman–Crippen MR) is 87.5 cm³/mol. The molecular formula is C15H20Cl2N4. The maximum atomic E-state index is 6.23. The monoisotopic (exact) mass is 326 g/mol. The minimum Gasteiger partial charge on any atom is -0.337 e. The van der Waals surface area contributed by atoms with Crippen LogP contribution in [0.5, 0.6) is 0 Å². The Morgan fingerprint density at radius 3 is 2.81 bits per heavy atom. The summed E-state index contributed by atoms with van der Waals surface area (Å²) < 4.78 is 2.02. The second-order valence-corrected chi connectivity index (χ2v) is 6.02. The van der Waals surface area contributed by atoms with Gasteiger partial charge in [0.2, 0.25) is 0 Å². The van der Waals surface area contributed by atoms with Crippen molar-refractivity contribution in [2.75, 3.05) is 13.6 Å². The highest BCUT2D eigenvalue weighted by Crippen LogP contribution is 2.30. The van der Waals surface area contributed by atoms with Crippen LogP contribution in [0, 0.1) is 0 Å². The second-order valence-electron chi connectivity index (χ2n) is 5.23. The predicted octanol–water partition coefficient (Wildman–Crippen LogP) is 3.25. The summed E-state index contributed by atoms with van der Waals surface area (Å²) in [4.78, 5) is 6.51. The molecule has 0 aliphatic carbocycles.